The predicted molar refractivity (Wildman–Crippen MR) is 98.5 cm³/mol. The van der Waals surface area contributed by atoms with Gasteiger partial charge in [0.05, 0.1) is 11.0 Å². The molecule has 24 heavy (non-hydrogen) atoms. The number of hydrogen-bond acceptors (Lipinski definition) is 2. The van der Waals surface area contributed by atoms with Crippen molar-refractivity contribution in [3.05, 3.63) is 62.9 Å². The van der Waals surface area contributed by atoms with Gasteiger partial charge in [-0.3, -0.25) is 4.79 Å². The van der Waals surface area contributed by atoms with E-state index in [2.05, 4.69) is 21.2 Å². The number of alkyl halides is 1. The molecule has 1 atom stereocenters. The van der Waals surface area contributed by atoms with Crippen LogP contribution in [0.3, 0.4) is 0 Å². The van der Waals surface area contributed by atoms with E-state index in [0.29, 0.717) is 16.3 Å². The molecule has 6 heteroatoms. The molecule has 0 aliphatic carbocycles. The molecular weight excluding hydrogens is 397 g/mol. The number of halogens is 3. The summed E-state index contributed by atoms with van der Waals surface area (Å²) in [6.07, 6.45) is -1.24. The zero-order valence-electron chi connectivity index (χ0n) is 13.6. The average Bonchev–Trinajstić information content (AvgIpc) is 2.56. The molecule has 0 spiro atoms. The third kappa shape index (κ3) is 3.79. The quantitative estimate of drug-likeness (QED) is 0.705. The minimum atomic E-state index is -1.24. The maximum Gasteiger partial charge on any atom is 0.235 e. The third-order valence-corrected chi connectivity index (χ3v) is 4.87. The van der Waals surface area contributed by atoms with Crippen LogP contribution in [0.2, 0.25) is 5.02 Å². The summed E-state index contributed by atoms with van der Waals surface area (Å²) in [5, 5.41) is 14.0. The zero-order valence-corrected chi connectivity index (χ0v) is 15.9. The van der Waals surface area contributed by atoms with Crippen LogP contribution in [-0.2, 0) is 4.79 Å². The van der Waals surface area contributed by atoms with Gasteiger partial charge in [-0.15, -0.1) is 0 Å². The van der Waals surface area contributed by atoms with Gasteiger partial charge >= 0.3 is 0 Å². The Labute approximate surface area is 154 Å². The first kappa shape index (κ1) is 18.9. The molecule has 2 rings (SSSR count). The number of amides is 1. The Morgan fingerprint density at radius 2 is 1.92 bits per heavy atom. The van der Waals surface area contributed by atoms with Crippen molar-refractivity contribution in [2.75, 3.05) is 10.6 Å². The van der Waals surface area contributed by atoms with Gasteiger partial charge in [-0.25, -0.2) is 4.39 Å². The van der Waals surface area contributed by atoms with Crippen molar-refractivity contribution >= 4 is 39.1 Å². The van der Waals surface area contributed by atoms with E-state index in [1.165, 1.54) is 18.2 Å². The number of rotatable bonds is 4. The molecule has 128 valence electrons. The minimum Gasteiger partial charge on any atom is -0.383 e. The van der Waals surface area contributed by atoms with E-state index in [9.17, 15) is 14.3 Å². The molecule has 0 aliphatic heterocycles. The Morgan fingerprint density at radius 1 is 1.25 bits per heavy atom. The summed E-state index contributed by atoms with van der Waals surface area (Å²) < 4.78 is 14.1. The number of carbonyl (C=O) groups excluding carboxylic acids is 1. The molecule has 2 aromatic rings. The topological polar surface area (TPSA) is 49.3 Å². The second-order valence-electron chi connectivity index (χ2n) is 5.66. The molecule has 3 nitrogen and oxygen atoms in total. The molecule has 2 aromatic carbocycles. The summed E-state index contributed by atoms with van der Waals surface area (Å²) >= 11 is 9.03. The van der Waals surface area contributed by atoms with Crippen LogP contribution in [-0.4, -0.2) is 16.3 Å². The Morgan fingerprint density at radius 3 is 2.54 bits per heavy atom. The van der Waals surface area contributed by atoms with Gasteiger partial charge in [0.15, 0.2) is 0 Å². The van der Waals surface area contributed by atoms with Gasteiger partial charge in [-0.05, 0) is 55.7 Å². The summed E-state index contributed by atoms with van der Waals surface area (Å²) in [4.78, 5) is 11.8. The van der Waals surface area contributed by atoms with Crippen molar-refractivity contribution in [2.45, 2.75) is 26.9 Å². The van der Waals surface area contributed by atoms with Crippen LogP contribution in [0.5, 0.6) is 0 Å². The SMILES string of the molecule is Cc1cc(C(O)c2cc(Cl)ccc2F)c(NC(=O)CBr)c(C)c1C. The molecule has 0 saturated carbocycles. The molecule has 0 radical (unpaired) electrons. The highest BCUT2D eigenvalue weighted by Crippen LogP contribution is 2.36. The molecule has 0 aromatic heterocycles. The summed E-state index contributed by atoms with van der Waals surface area (Å²) in [5.41, 5.74) is 3.78. The summed E-state index contributed by atoms with van der Waals surface area (Å²) in [6, 6.07) is 5.79. The molecule has 1 amide bonds. The fourth-order valence-corrected chi connectivity index (χ4v) is 2.88. The Hall–Kier alpha value is -1.43. The van der Waals surface area contributed by atoms with Crippen molar-refractivity contribution in [2.24, 2.45) is 0 Å². The largest absolute Gasteiger partial charge is 0.383 e. The van der Waals surface area contributed by atoms with Gasteiger partial charge in [0.25, 0.3) is 0 Å². The van der Waals surface area contributed by atoms with Crippen LogP contribution < -0.4 is 5.32 Å². The third-order valence-electron chi connectivity index (χ3n) is 4.12. The highest BCUT2D eigenvalue weighted by molar-refractivity contribution is 9.09. The lowest BCUT2D eigenvalue weighted by Crippen LogP contribution is -2.17. The van der Waals surface area contributed by atoms with Gasteiger partial charge in [0, 0.05) is 16.1 Å². The predicted octanol–water partition coefficient (Wildman–Crippen LogP) is 4.82. The number of anilines is 1. The molecule has 0 aliphatic rings. The van der Waals surface area contributed by atoms with Gasteiger partial charge < -0.3 is 10.4 Å². The first-order valence-electron chi connectivity index (χ1n) is 7.35. The summed E-state index contributed by atoms with van der Waals surface area (Å²) in [6.45, 7) is 5.70. The minimum absolute atomic E-state index is 0.0690. The van der Waals surface area contributed by atoms with Crippen LogP contribution in [0.25, 0.3) is 0 Å². The van der Waals surface area contributed by atoms with E-state index >= 15 is 0 Å². The Bertz CT molecular complexity index is 795. The lowest BCUT2D eigenvalue weighted by molar-refractivity contribution is -0.113. The van der Waals surface area contributed by atoms with Crippen LogP contribution in [0, 0.1) is 26.6 Å². The van der Waals surface area contributed by atoms with E-state index in [-0.39, 0.29) is 16.8 Å². The number of carbonyl (C=O) groups is 1. The molecule has 1 unspecified atom stereocenters. The number of benzene rings is 2. The summed E-state index contributed by atoms with van der Waals surface area (Å²) in [5.74, 6) is -0.804. The number of aliphatic hydroxyl groups excluding tert-OH is 1. The number of nitrogens with one attached hydrogen (secondary N) is 1. The van der Waals surface area contributed by atoms with Crippen LogP contribution in [0.15, 0.2) is 24.3 Å². The van der Waals surface area contributed by atoms with Gasteiger partial charge in [-0.1, -0.05) is 33.6 Å². The fourth-order valence-electron chi connectivity index (χ4n) is 2.56. The first-order chi connectivity index (χ1) is 11.3. The highest BCUT2D eigenvalue weighted by atomic mass is 79.9. The van der Waals surface area contributed by atoms with Crippen molar-refractivity contribution < 1.29 is 14.3 Å². The molecule has 0 saturated heterocycles. The molecule has 2 N–H and O–H groups in total. The van der Waals surface area contributed by atoms with Crippen molar-refractivity contribution in [3.63, 3.8) is 0 Å². The fraction of sp³-hybridized carbons (Fsp3) is 0.278. The van der Waals surface area contributed by atoms with Crippen molar-refractivity contribution in [1.82, 2.24) is 0 Å². The van der Waals surface area contributed by atoms with Crippen molar-refractivity contribution in [1.29, 1.82) is 0 Å². The molecular formula is C18H18BrClFNO2. The van der Waals surface area contributed by atoms with Gasteiger partial charge in [0.2, 0.25) is 5.91 Å². The maximum atomic E-state index is 14.1. The van der Waals surface area contributed by atoms with Crippen LogP contribution >= 0.6 is 27.5 Å². The summed E-state index contributed by atoms with van der Waals surface area (Å²) in [7, 11) is 0. The van der Waals surface area contributed by atoms with Crippen molar-refractivity contribution in [3.8, 4) is 0 Å². The second-order valence-corrected chi connectivity index (χ2v) is 6.66. The van der Waals surface area contributed by atoms with E-state index in [1.807, 2.05) is 20.8 Å². The highest BCUT2D eigenvalue weighted by Gasteiger charge is 2.22. The molecule has 0 bridgehead atoms. The number of hydrogen-bond donors (Lipinski definition) is 2. The van der Waals surface area contributed by atoms with Crippen LogP contribution in [0.4, 0.5) is 10.1 Å². The van der Waals surface area contributed by atoms with E-state index in [0.717, 1.165) is 16.7 Å². The average molecular weight is 415 g/mol. The van der Waals surface area contributed by atoms with E-state index in [1.54, 1.807) is 6.07 Å². The van der Waals surface area contributed by atoms with Gasteiger partial charge in [0.1, 0.15) is 11.9 Å². The first-order valence-corrected chi connectivity index (χ1v) is 8.85. The number of aryl methyl sites for hydroxylation is 1. The second kappa shape index (κ2) is 7.64. The number of aliphatic hydroxyl groups is 1. The van der Waals surface area contributed by atoms with E-state index < -0.39 is 11.9 Å². The Balaban J connectivity index is 2.63. The lowest BCUT2D eigenvalue weighted by atomic mass is 9.92. The normalized spacial score (nSPS) is 12.1. The molecule has 0 fully saturated rings. The van der Waals surface area contributed by atoms with Crippen LogP contribution in [0.1, 0.15) is 33.9 Å². The Kier molecular flexibility index (Phi) is 6.01. The maximum absolute atomic E-state index is 14.1. The smallest absolute Gasteiger partial charge is 0.235 e. The van der Waals surface area contributed by atoms with E-state index in [4.69, 9.17) is 11.6 Å². The monoisotopic (exact) mass is 413 g/mol. The van der Waals surface area contributed by atoms with Gasteiger partial charge in [-0.2, -0.15) is 0 Å². The zero-order chi connectivity index (χ0) is 18.0. The standard InChI is InChI=1S/C18H18BrClFNO2/c1-9-6-14(17(11(3)10(9)2)22-16(23)8-19)18(24)13-7-12(20)4-5-15(13)21/h4-7,18,24H,8H2,1-3H3,(H,22,23). The molecule has 0 heterocycles. The lowest BCUT2D eigenvalue weighted by Gasteiger charge is -2.22.